The highest BCUT2D eigenvalue weighted by Crippen LogP contribution is 2.19. The van der Waals surface area contributed by atoms with Crippen molar-refractivity contribution < 1.29 is 5.11 Å². The Hall–Kier alpha value is -0.590. The van der Waals surface area contributed by atoms with Crippen LogP contribution in [-0.2, 0) is 0 Å². The predicted octanol–water partition coefficient (Wildman–Crippen LogP) is 0.603. The Kier molecular flexibility index (Phi) is 3.51. The molecule has 0 radical (unpaired) electrons. The summed E-state index contributed by atoms with van der Waals surface area (Å²) in [6, 6.07) is 2.11. The van der Waals surface area contributed by atoms with Gasteiger partial charge in [0.2, 0.25) is 0 Å². The normalized spacial score (nSPS) is 31.4. The minimum Gasteiger partial charge on any atom is -0.392 e. The molecule has 0 bridgehead atoms. The van der Waals surface area contributed by atoms with E-state index >= 15 is 0 Å². The molecule has 1 aliphatic heterocycles. The third-order valence-electron chi connectivity index (χ3n) is 2.62. The van der Waals surface area contributed by atoms with E-state index in [9.17, 15) is 5.11 Å². The third kappa shape index (κ3) is 2.20. The molecule has 2 unspecified atom stereocenters. The van der Waals surface area contributed by atoms with Gasteiger partial charge in [0.05, 0.1) is 18.7 Å². The fourth-order valence-electron chi connectivity index (χ4n) is 1.77. The number of aliphatic hydroxyl groups excluding tert-OH is 1. The van der Waals surface area contributed by atoms with E-state index in [4.69, 9.17) is 5.26 Å². The SMILES string of the molecule is CCC1CCN(CC#N)CC1O. The topological polar surface area (TPSA) is 47.3 Å². The summed E-state index contributed by atoms with van der Waals surface area (Å²) < 4.78 is 0. The van der Waals surface area contributed by atoms with Gasteiger partial charge in [-0.05, 0) is 18.9 Å². The zero-order valence-electron chi connectivity index (χ0n) is 7.53. The molecule has 1 rings (SSSR count). The lowest BCUT2D eigenvalue weighted by Gasteiger charge is -2.33. The first-order chi connectivity index (χ1) is 5.77. The molecule has 12 heavy (non-hydrogen) atoms. The molecule has 0 spiro atoms. The summed E-state index contributed by atoms with van der Waals surface area (Å²) in [5, 5.41) is 18.1. The molecule has 0 saturated carbocycles. The Morgan fingerprint density at radius 3 is 2.92 bits per heavy atom. The Morgan fingerprint density at radius 1 is 1.67 bits per heavy atom. The van der Waals surface area contributed by atoms with Gasteiger partial charge in [0.25, 0.3) is 0 Å². The Labute approximate surface area is 73.6 Å². The van der Waals surface area contributed by atoms with E-state index in [1.165, 1.54) is 0 Å². The second-order valence-electron chi connectivity index (χ2n) is 3.42. The van der Waals surface area contributed by atoms with Crippen molar-refractivity contribution in [3.05, 3.63) is 0 Å². The van der Waals surface area contributed by atoms with Crippen molar-refractivity contribution >= 4 is 0 Å². The predicted molar refractivity (Wildman–Crippen MR) is 46.5 cm³/mol. The Balaban J connectivity index is 2.36. The van der Waals surface area contributed by atoms with Gasteiger partial charge < -0.3 is 5.11 Å². The molecule has 3 nitrogen and oxygen atoms in total. The number of hydrogen-bond donors (Lipinski definition) is 1. The van der Waals surface area contributed by atoms with Gasteiger partial charge in [-0.3, -0.25) is 4.90 Å². The molecule has 1 saturated heterocycles. The molecule has 68 valence electrons. The van der Waals surface area contributed by atoms with E-state index < -0.39 is 0 Å². The number of likely N-dealkylation sites (tertiary alicyclic amines) is 1. The largest absolute Gasteiger partial charge is 0.392 e. The van der Waals surface area contributed by atoms with Gasteiger partial charge in [-0.2, -0.15) is 5.26 Å². The fourth-order valence-corrected chi connectivity index (χ4v) is 1.77. The van der Waals surface area contributed by atoms with Gasteiger partial charge in [0.15, 0.2) is 0 Å². The van der Waals surface area contributed by atoms with Crippen LogP contribution in [0.25, 0.3) is 0 Å². The van der Waals surface area contributed by atoms with Crippen LogP contribution >= 0.6 is 0 Å². The fraction of sp³-hybridized carbons (Fsp3) is 0.889. The van der Waals surface area contributed by atoms with Crippen molar-refractivity contribution in [3.63, 3.8) is 0 Å². The summed E-state index contributed by atoms with van der Waals surface area (Å²) in [5.74, 6) is 0.444. The molecule has 0 aromatic heterocycles. The van der Waals surface area contributed by atoms with Crippen LogP contribution in [0.1, 0.15) is 19.8 Å². The monoisotopic (exact) mass is 168 g/mol. The van der Waals surface area contributed by atoms with Gasteiger partial charge in [-0.25, -0.2) is 0 Å². The van der Waals surface area contributed by atoms with Crippen LogP contribution in [0.5, 0.6) is 0 Å². The Morgan fingerprint density at radius 2 is 2.42 bits per heavy atom. The number of β-amino-alcohol motifs (C(OH)–C–C–N with tert-alkyl or cyclic N) is 1. The van der Waals surface area contributed by atoms with E-state index in [-0.39, 0.29) is 6.10 Å². The highest BCUT2D eigenvalue weighted by Gasteiger charge is 2.25. The first-order valence-corrected chi connectivity index (χ1v) is 4.55. The molecule has 1 N–H and O–H groups in total. The van der Waals surface area contributed by atoms with Crippen LogP contribution in [-0.4, -0.2) is 35.7 Å². The zero-order chi connectivity index (χ0) is 8.97. The molecule has 3 heteroatoms. The highest BCUT2D eigenvalue weighted by molar-refractivity contribution is 4.84. The van der Waals surface area contributed by atoms with E-state index in [0.717, 1.165) is 19.4 Å². The van der Waals surface area contributed by atoms with Crippen molar-refractivity contribution in [2.75, 3.05) is 19.6 Å². The van der Waals surface area contributed by atoms with Crippen molar-refractivity contribution in [3.8, 4) is 6.07 Å². The summed E-state index contributed by atoms with van der Waals surface area (Å²) in [5.41, 5.74) is 0. The van der Waals surface area contributed by atoms with Crippen LogP contribution in [0.3, 0.4) is 0 Å². The quantitative estimate of drug-likeness (QED) is 0.614. The first kappa shape index (κ1) is 9.50. The van der Waals surface area contributed by atoms with Gasteiger partial charge in [0.1, 0.15) is 0 Å². The van der Waals surface area contributed by atoms with Crippen LogP contribution in [0.2, 0.25) is 0 Å². The average molecular weight is 168 g/mol. The van der Waals surface area contributed by atoms with E-state index in [1.54, 1.807) is 0 Å². The second kappa shape index (κ2) is 4.44. The molecule has 0 amide bonds. The minimum absolute atomic E-state index is 0.225. The maximum Gasteiger partial charge on any atom is 0.0866 e. The molecule has 1 fully saturated rings. The summed E-state index contributed by atoms with van der Waals surface area (Å²) in [4.78, 5) is 2.01. The molecule has 0 aromatic carbocycles. The lowest BCUT2D eigenvalue weighted by atomic mass is 9.92. The summed E-state index contributed by atoms with van der Waals surface area (Å²) >= 11 is 0. The Bertz CT molecular complexity index is 176. The van der Waals surface area contributed by atoms with Crippen molar-refractivity contribution in [1.29, 1.82) is 5.26 Å². The zero-order valence-corrected chi connectivity index (χ0v) is 7.53. The van der Waals surface area contributed by atoms with E-state index in [0.29, 0.717) is 19.0 Å². The lowest BCUT2D eigenvalue weighted by Crippen LogP contribution is -2.43. The summed E-state index contributed by atoms with van der Waals surface area (Å²) in [7, 11) is 0. The van der Waals surface area contributed by atoms with E-state index in [1.807, 2.05) is 4.90 Å². The van der Waals surface area contributed by atoms with E-state index in [2.05, 4.69) is 13.0 Å². The smallest absolute Gasteiger partial charge is 0.0866 e. The number of rotatable bonds is 2. The number of piperidine rings is 1. The van der Waals surface area contributed by atoms with Gasteiger partial charge in [-0.1, -0.05) is 13.3 Å². The third-order valence-corrected chi connectivity index (χ3v) is 2.62. The molecule has 2 atom stereocenters. The molecular formula is C9H16N2O. The van der Waals surface area contributed by atoms with Gasteiger partial charge in [-0.15, -0.1) is 0 Å². The molecule has 0 aromatic rings. The van der Waals surface area contributed by atoms with Crippen molar-refractivity contribution in [2.45, 2.75) is 25.9 Å². The standard InChI is InChI=1S/C9H16N2O/c1-2-8-3-5-11(6-4-10)7-9(8)12/h8-9,12H,2-3,5-7H2,1H3. The van der Waals surface area contributed by atoms with Crippen LogP contribution in [0, 0.1) is 17.2 Å². The maximum absolute atomic E-state index is 9.61. The van der Waals surface area contributed by atoms with Crippen LogP contribution < -0.4 is 0 Å². The molecular weight excluding hydrogens is 152 g/mol. The summed E-state index contributed by atoms with van der Waals surface area (Å²) in [6.45, 7) is 4.19. The second-order valence-corrected chi connectivity index (χ2v) is 3.42. The van der Waals surface area contributed by atoms with Crippen molar-refractivity contribution in [2.24, 2.45) is 5.92 Å². The van der Waals surface area contributed by atoms with Gasteiger partial charge >= 0.3 is 0 Å². The maximum atomic E-state index is 9.61. The molecule has 1 heterocycles. The highest BCUT2D eigenvalue weighted by atomic mass is 16.3. The van der Waals surface area contributed by atoms with Crippen LogP contribution in [0.15, 0.2) is 0 Å². The molecule has 0 aliphatic carbocycles. The number of aliphatic hydroxyl groups is 1. The first-order valence-electron chi connectivity index (χ1n) is 4.55. The number of hydrogen-bond acceptors (Lipinski definition) is 3. The number of nitriles is 1. The van der Waals surface area contributed by atoms with Gasteiger partial charge in [0, 0.05) is 6.54 Å². The number of nitrogens with zero attached hydrogens (tertiary/aromatic N) is 2. The summed E-state index contributed by atoms with van der Waals surface area (Å²) in [6.07, 6.45) is 1.85. The minimum atomic E-state index is -0.225. The lowest BCUT2D eigenvalue weighted by molar-refractivity contribution is 0.0257. The van der Waals surface area contributed by atoms with Crippen molar-refractivity contribution in [1.82, 2.24) is 4.90 Å². The van der Waals surface area contributed by atoms with Crippen LogP contribution in [0.4, 0.5) is 0 Å². The molecule has 1 aliphatic rings. The average Bonchev–Trinajstić information content (AvgIpc) is 2.05.